The lowest BCUT2D eigenvalue weighted by molar-refractivity contribution is 0.204. The number of imidazole rings is 1. The molecule has 2 aromatic rings. The molecule has 0 fully saturated rings. The molecule has 0 saturated carbocycles. The molecule has 1 aromatic carbocycles. The van der Waals surface area contributed by atoms with Gasteiger partial charge in [-0.2, -0.15) is 0 Å². The quantitative estimate of drug-likeness (QED) is 0.882. The molecule has 0 saturated heterocycles. The van der Waals surface area contributed by atoms with Crippen molar-refractivity contribution in [2.24, 2.45) is 12.8 Å². The van der Waals surface area contributed by atoms with Crippen LogP contribution in [0.15, 0.2) is 36.7 Å². The van der Waals surface area contributed by atoms with Crippen LogP contribution in [0.1, 0.15) is 24.4 Å². The maximum atomic E-state index is 6.21. The summed E-state index contributed by atoms with van der Waals surface area (Å²) < 4.78 is 7.24. The van der Waals surface area contributed by atoms with Crippen molar-refractivity contribution in [1.82, 2.24) is 14.5 Å². The van der Waals surface area contributed by atoms with Crippen molar-refractivity contribution in [2.75, 3.05) is 14.2 Å². The molecule has 114 valence electrons. The molecule has 0 aliphatic heterocycles. The lowest BCUT2D eigenvalue weighted by atomic mass is 9.99. The Hall–Kier alpha value is -1.85. The zero-order valence-corrected chi connectivity index (χ0v) is 13.2. The van der Waals surface area contributed by atoms with Gasteiger partial charge in [0.25, 0.3) is 0 Å². The van der Waals surface area contributed by atoms with E-state index in [9.17, 15) is 0 Å². The molecular formula is C16H24N4O. The summed E-state index contributed by atoms with van der Waals surface area (Å²) in [6, 6.07) is 8.23. The lowest BCUT2D eigenvalue weighted by Gasteiger charge is -2.31. The van der Waals surface area contributed by atoms with Gasteiger partial charge in [0.05, 0.1) is 13.7 Å². The highest BCUT2D eigenvalue weighted by atomic mass is 16.5. The second-order valence-electron chi connectivity index (χ2n) is 5.45. The zero-order chi connectivity index (χ0) is 15.4. The highest BCUT2D eigenvalue weighted by Gasteiger charge is 2.22. The fourth-order valence-corrected chi connectivity index (χ4v) is 2.63. The smallest absolute Gasteiger partial charge is 0.122 e. The van der Waals surface area contributed by atoms with Crippen molar-refractivity contribution in [3.63, 3.8) is 0 Å². The minimum atomic E-state index is 0.0173. The molecule has 1 heterocycles. The van der Waals surface area contributed by atoms with E-state index in [1.54, 1.807) is 7.11 Å². The minimum Gasteiger partial charge on any atom is -0.497 e. The molecule has 2 unspecified atom stereocenters. The van der Waals surface area contributed by atoms with Crippen molar-refractivity contribution in [3.8, 4) is 5.75 Å². The van der Waals surface area contributed by atoms with Crippen molar-refractivity contribution >= 4 is 0 Å². The van der Waals surface area contributed by atoms with E-state index in [0.717, 1.165) is 18.1 Å². The van der Waals surface area contributed by atoms with Crippen molar-refractivity contribution in [3.05, 3.63) is 48.0 Å². The predicted molar refractivity (Wildman–Crippen MR) is 84.1 cm³/mol. The summed E-state index contributed by atoms with van der Waals surface area (Å²) in [6.45, 7) is 2.78. The highest BCUT2D eigenvalue weighted by Crippen LogP contribution is 2.25. The van der Waals surface area contributed by atoms with Crippen LogP contribution < -0.4 is 10.5 Å². The molecular weight excluding hydrogens is 264 g/mol. The van der Waals surface area contributed by atoms with E-state index in [1.807, 2.05) is 43.1 Å². The highest BCUT2D eigenvalue weighted by molar-refractivity contribution is 5.29. The maximum Gasteiger partial charge on any atom is 0.122 e. The van der Waals surface area contributed by atoms with Gasteiger partial charge in [-0.15, -0.1) is 0 Å². The third kappa shape index (κ3) is 3.62. The number of methoxy groups -OCH3 is 1. The Labute approximate surface area is 126 Å². The van der Waals surface area contributed by atoms with Gasteiger partial charge in [-0.1, -0.05) is 12.1 Å². The van der Waals surface area contributed by atoms with Gasteiger partial charge in [0.15, 0.2) is 0 Å². The summed E-state index contributed by atoms with van der Waals surface area (Å²) in [7, 11) is 5.75. The molecule has 2 atom stereocenters. The van der Waals surface area contributed by atoms with Crippen LogP contribution in [0, 0.1) is 0 Å². The van der Waals surface area contributed by atoms with Crippen LogP contribution in [0.2, 0.25) is 0 Å². The molecule has 1 aromatic heterocycles. The van der Waals surface area contributed by atoms with Gasteiger partial charge < -0.3 is 15.0 Å². The Kier molecular flexibility index (Phi) is 4.98. The molecule has 5 nitrogen and oxygen atoms in total. The Morgan fingerprint density at radius 3 is 2.48 bits per heavy atom. The molecule has 21 heavy (non-hydrogen) atoms. The Morgan fingerprint density at radius 2 is 2.00 bits per heavy atom. The first-order chi connectivity index (χ1) is 10.0. The van der Waals surface area contributed by atoms with Crippen LogP contribution in [-0.4, -0.2) is 34.7 Å². The molecule has 0 spiro atoms. The topological polar surface area (TPSA) is 56.3 Å². The fourth-order valence-electron chi connectivity index (χ4n) is 2.63. The third-order valence-corrected chi connectivity index (χ3v) is 3.74. The van der Waals surface area contributed by atoms with E-state index in [0.29, 0.717) is 0 Å². The molecule has 0 radical (unpaired) electrons. The van der Waals surface area contributed by atoms with Crippen LogP contribution >= 0.6 is 0 Å². The summed E-state index contributed by atoms with van der Waals surface area (Å²) >= 11 is 0. The molecule has 0 aliphatic carbocycles. The van der Waals surface area contributed by atoms with E-state index < -0.39 is 0 Å². The summed E-state index contributed by atoms with van der Waals surface area (Å²) in [4.78, 5) is 6.61. The van der Waals surface area contributed by atoms with Gasteiger partial charge in [0.1, 0.15) is 11.6 Å². The van der Waals surface area contributed by atoms with Crippen LogP contribution in [0.5, 0.6) is 5.75 Å². The molecule has 2 N–H and O–H groups in total. The summed E-state index contributed by atoms with van der Waals surface area (Å²) in [5, 5.41) is 0. The van der Waals surface area contributed by atoms with Gasteiger partial charge >= 0.3 is 0 Å². The van der Waals surface area contributed by atoms with Gasteiger partial charge in [-0.05, 0) is 31.7 Å². The van der Waals surface area contributed by atoms with E-state index in [1.165, 1.54) is 5.56 Å². The first-order valence-electron chi connectivity index (χ1n) is 7.09. The van der Waals surface area contributed by atoms with Crippen LogP contribution in [-0.2, 0) is 13.6 Å². The minimum absolute atomic E-state index is 0.0173. The van der Waals surface area contributed by atoms with Crippen molar-refractivity contribution < 1.29 is 4.74 Å². The molecule has 0 amide bonds. The summed E-state index contributed by atoms with van der Waals surface area (Å²) in [6.07, 6.45) is 3.77. The van der Waals surface area contributed by atoms with Crippen molar-refractivity contribution in [1.29, 1.82) is 0 Å². The number of aryl methyl sites for hydroxylation is 1. The average Bonchev–Trinajstić information content (AvgIpc) is 2.85. The first kappa shape index (κ1) is 15.5. The first-order valence-corrected chi connectivity index (χ1v) is 7.09. The molecule has 5 heteroatoms. The Morgan fingerprint density at radius 1 is 1.33 bits per heavy atom. The van der Waals surface area contributed by atoms with Gasteiger partial charge in [0, 0.05) is 31.5 Å². The number of hydrogen-bond acceptors (Lipinski definition) is 4. The summed E-state index contributed by atoms with van der Waals surface area (Å²) in [5.74, 6) is 1.88. The van der Waals surface area contributed by atoms with E-state index in [4.69, 9.17) is 10.5 Å². The number of likely N-dealkylation sites (N-methyl/N-ethyl adjacent to an activating group) is 1. The Balaban J connectivity index is 2.19. The second kappa shape index (κ2) is 6.74. The maximum absolute atomic E-state index is 6.21. The fraction of sp³-hybridized carbons (Fsp3) is 0.438. The number of hydrogen-bond donors (Lipinski definition) is 1. The number of nitrogens with two attached hydrogens (primary N) is 1. The lowest BCUT2D eigenvalue weighted by Crippen LogP contribution is -2.37. The number of nitrogens with zero attached hydrogens (tertiary/aromatic N) is 3. The SMILES string of the molecule is COc1ccc(C(C(C)N)N(C)Cc2nccn2C)cc1. The van der Waals surface area contributed by atoms with Crippen LogP contribution in [0.4, 0.5) is 0 Å². The van der Waals surface area contributed by atoms with Crippen LogP contribution in [0.3, 0.4) is 0 Å². The van der Waals surface area contributed by atoms with Gasteiger partial charge in [-0.25, -0.2) is 4.98 Å². The summed E-state index contributed by atoms with van der Waals surface area (Å²) in [5.41, 5.74) is 7.39. The van der Waals surface area contributed by atoms with E-state index in [-0.39, 0.29) is 12.1 Å². The number of rotatable bonds is 6. The largest absolute Gasteiger partial charge is 0.497 e. The normalized spacial score (nSPS) is 14.2. The zero-order valence-electron chi connectivity index (χ0n) is 13.2. The van der Waals surface area contributed by atoms with Crippen LogP contribution in [0.25, 0.3) is 0 Å². The number of aromatic nitrogens is 2. The standard InChI is InChI=1S/C16H24N4O/c1-12(17)16(13-5-7-14(21-4)8-6-13)20(3)11-15-18-9-10-19(15)2/h5-10,12,16H,11,17H2,1-4H3. The number of benzene rings is 1. The Bertz CT molecular complexity index is 562. The average molecular weight is 288 g/mol. The third-order valence-electron chi connectivity index (χ3n) is 3.74. The second-order valence-corrected chi connectivity index (χ2v) is 5.45. The monoisotopic (exact) mass is 288 g/mol. The van der Waals surface area contributed by atoms with E-state index in [2.05, 4.69) is 29.1 Å². The molecule has 0 bridgehead atoms. The van der Waals surface area contributed by atoms with Gasteiger partial charge in [-0.3, -0.25) is 4.90 Å². The molecule has 0 aliphatic rings. The number of ether oxygens (including phenoxy) is 1. The van der Waals surface area contributed by atoms with Crippen molar-refractivity contribution in [2.45, 2.75) is 25.6 Å². The van der Waals surface area contributed by atoms with E-state index >= 15 is 0 Å². The molecule has 2 rings (SSSR count). The predicted octanol–water partition coefficient (Wildman–Crippen LogP) is 1.95. The van der Waals surface area contributed by atoms with Gasteiger partial charge in [0.2, 0.25) is 0 Å².